The number of carbonyl (C=O) groups excluding carboxylic acids is 1. The molecule has 3 heteroatoms. The van der Waals surface area contributed by atoms with Crippen molar-refractivity contribution < 1.29 is 4.79 Å². The van der Waals surface area contributed by atoms with E-state index in [1.165, 1.54) is 0 Å². The van der Waals surface area contributed by atoms with E-state index in [0.29, 0.717) is 5.56 Å². The summed E-state index contributed by atoms with van der Waals surface area (Å²) in [5.74, 6) is 2.38. The van der Waals surface area contributed by atoms with Crippen molar-refractivity contribution in [1.82, 2.24) is 4.90 Å². The van der Waals surface area contributed by atoms with Gasteiger partial charge in [0.25, 0.3) is 0 Å². The third-order valence-corrected chi connectivity index (χ3v) is 1.97. The van der Waals surface area contributed by atoms with E-state index >= 15 is 0 Å². The maximum Gasteiger partial charge on any atom is 0.237 e. The van der Waals surface area contributed by atoms with Crippen LogP contribution in [0.3, 0.4) is 0 Å². The number of nitrogens with zero attached hydrogens (tertiary/aromatic N) is 1. The summed E-state index contributed by atoms with van der Waals surface area (Å²) in [7, 11) is 3.59. The van der Waals surface area contributed by atoms with Gasteiger partial charge < -0.3 is 4.90 Å². The van der Waals surface area contributed by atoms with Crippen molar-refractivity contribution in [3.05, 3.63) is 34.3 Å². The molecule has 0 saturated heterocycles. The van der Waals surface area contributed by atoms with E-state index in [-0.39, 0.29) is 5.78 Å². The van der Waals surface area contributed by atoms with Crippen LogP contribution in [0.15, 0.2) is 28.7 Å². The van der Waals surface area contributed by atoms with Crippen LogP contribution >= 0.6 is 15.9 Å². The summed E-state index contributed by atoms with van der Waals surface area (Å²) in [6.07, 6.45) is 0. The summed E-state index contributed by atoms with van der Waals surface area (Å²) in [6.45, 7) is 0. The largest absolute Gasteiger partial charge is 0.338 e. The van der Waals surface area contributed by atoms with Gasteiger partial charge in [0.15, 0.2) is 0 Å². The van der Waals surface area contributed by atoms with Crippen molar-refractivity contribution in [1.29, 1.82) is 0 Å². The second-order valence-electron chi connectivity index (χ2n) is 2.97. The minimum absolute atomic E-state index is 0.167. The number of Topliss-reactive ketones (excluding diaryl/α,β-unsaturated/α-hetero) is 1. The van der Waals surface area contributed by atoms with Crippen LogP contribution in [-0.4, -0.2) is 24.8 Å². The quantitative estimate of drug-likeness (QED) is 0.433. The fourth-order valence-corrected chi connectivity index (χ4v) is 1.26. The van der Waals surface area contributed by atoms with Crippen molar-refractivity contribution >= 4 is 21.7 Å². The zero-order valence-corrected chi connectivity index (χ0v) is 9.63. The lowest BCUT2D eigenvalue weighted by atomic mass is 10.1. The number of hydrogen-bond acceptors (Lipinski definition) is 2. The van der Waals surface area contributed by atoms with Crippen molar-refractivity contribution in [2.75, 3.05) is 14.1 Å². The summed E-state index contributed by atoms with van der Waals surface area (Å²) in [6, 6.07) is 9.87. The van der Waals surface area contributed by atoms with E-state index in [1.807, 2.05) is 12.1 Å². The second kappa shape index (κ2) is 4.83. The molecule has 14 heavy (non-hydrogen) atoms. The van der Waals surface area contributed by atoms with Gasteiger partial charge in [-0.2, -0.15) is 0 Å². The molecule has 0 spiro atoms. The van der Waals surface area contributed by atoms with Crippen molar-refractivity contribution in [3.8, 4) is 12.0 Å². The summed E-state index contributed by atoms with van der Waals surface area (Å²) in [5.41, 5.74) is 0.605. The standard InChI is InChI=1S/C11H10BrNO/c1-13(2)7-6-11(14)9-4-3-5-10(12)8-9/h3-5,8H,1-2H3. The molecular formula is C11H10BrNO. The molecule has 0 aliphatic rings. The number of hydrogen-bond donors (Lipinski definition) is 0. The molecule has 0 bridgehead atoms. The maximum atomic E-state index is 11.5. The van der Waals surface area contributed by atoms with Crippen LogP contribution in [0.5, 0.6) is 0 Å². The normalized spacial score (nSPS) is 8.79. The molecule has 1 rings (SSSR count). The molecule has 0 heterocycles. The fourth-order valence-electron chi connectivity index (χ4n) is 0.864. The lowest BCUT2D eigenvalue weighted by molar-refractivity contribution is 0.105. The molecule has 72 valence electrons. The number of ketones is 1. The molecule has 0 atom stereocenters. The van der Waals surface area contributed by atoms with Gasteiger partial charge in [0.1, 0.15) is 0 Å². The molecule has 0 aromatic heterocycles. The van der Waals surface area contributed by atoms with Crippen molar-refractivity contribution in [3.63, 3.8) is 0 Å². The summed E-state index contributed by atoms with van der Waals surface area (Å²) in [5, 5.41) is 0. The molecule has 0 fully saturated rings. The molecule has 0 N–H and O–H groups in total. The molecule has 0 radical (unpaired) electrons. The Morgan fingerprint density at radius 1 is 1.43 bits per heavy atom. The maximum absolute atomic E-state index is 11.5. The van der Waals surface area contributed by atoms with E-state index in [2.05, 4.69) is 27.9 Å². The summed E-state index contributed by atoms with van der Waals surface area (Å²) >= 11 is 3.30. The minimum atomic E-state index is -0.167. The molecule has 0 amide bonds. The third-order valence-electron chi connectivity index (χ3n) is 1.48. The Morgan fingerprint density at radius 3 is 2.71 bits per heavy atom. The van der Waals surface area contributed by atoms with Gasteiger partial charge in [0, 0.05) is 30.2 Å². The van der Waals surface area contributed by atoms with Crippen LogP contribution < -0.4 is 0 Å². The van der Waals surface area contributed by atoms with Gasteiger partial charge >= 0.3 is 0 Å². The Morgan fingerprint density at radius 2 is 2.14 bits per heavy atom. The van der Waals surface area contributed by atoms with Crippen molar-refractivity contribution in [2.45, 2.75) is 0 Å². The first-order valence-electron chi connectivity index (χ1n) is 4.08. The zero-order valence-electron chi connectivity index (χ0n) is 8.04. The molecular weight excluding hydrogens is 242 g/mol. The van der Waals surface area contributed by atoms with Gasteiger partial charge in [-0.25, -0.2) is 0 Å². The van der Waals surface area contributed by atoms with E-state index in [1.54, 1.807) is 31.1 Å². The van der Waals surface area contributed by atoms with Crippen LogP contribution in [0.25, 0.3) is 0 Å². The molecule has 2 nitrogen and oxygen atoms in total. The molecule has 1 aromatic rings. The first-order chi connectivity index (χ1) is 6.59. The van der Waals surface area contributed by atoms with Crippen LogP contribution in [-0.2, 0) is 0 Å². The van der Waals surface area contributed by atoms with Crippen molar-refractivity contribution in [2.24, 2.45) is 0 Å². The Labute approximate surface area is 92.0 Å². The first-order valence-corrected chi connectivity index (χ1v) is 4.88. The van der Waals surface area contributed by atoms with E-state index in [9.17, 15) is 4.79 Å². The highest BCUT2D eigenvalue weighted by molar-refractivity contribution is 9.10. The van der Waals surface area contributed by atoms with E-state index < -0.39 is 0 Å². The zero-order chi connectivity index (χ0) is 10.6. The van der Waals surface area contributed by atoms with Gasteiger partial charge in [0.2, 0.25) is 5.78 Å². The smallest absolute Gasteiger partial charge is 0.237 e. The Hall–Kier alpha value is -1.27. The lowest BCUT2D eigenvalue weighted by Gasteiger charge is -1.98. The number of rotatable bonds is 1. The number of carbonyl (C=O) groups is 1. The predicted molar refractivity (Wildman–Crippen MR) is 59.9 cm³/mol. The Bertz CT molecular complexity index is 401. The van der Waals surface area contributed by atoms with Gasteiger partial charge in [-0.05, 0) is 18.1 Å². The minimum Gasteiger partial charge on any atom is -0.338 e. The molecule has 0 saturated carbocycles. The first kappa shape index (κ1) is 10.8. The lowest BCUT2D eigenvalue weighted by Crippen LogP contribution is -2.03. The average molecular weight is 252 g/mol. The van der Waals surface area contributed by atoms with Gasteiger partial charge in [0.05, 0.1) is 0 Å². The van der Waals surface area contributed by atoms with Gasteiger partial charge in [-0.3, -0.25) is 4.79 Å². The highest BCUT2D eigenvalue weighted by atomic mass is 79.9. The summed E-state index contributed by atoms with van der Waals surface area (Å²) < 4.78 is 0.884. The van der Waals surface area contributed by atoms with Gasteiger partial charge in [-0.15, -0.1) is 0 Å². The van der Waals surface area contributed by atoms with Crippen LogP contribution in [0.1, 0.15) is 10.4 Å². The molecule has 0 aliphatic carbocycles. The molecule has 0 aliphatic heterocycles. The second-order valence-corrected chi connectivity index (χ2v) is 3.89. The van der Waals surface area contributed by atoms with E-state index in [0.717, 1.165) is 4.47 Å². The highest BCUT2D eigenvalue weighted by Gasteiger charge is 2.01. The van der Waals surface area contributed by atoms with Gasteiger partial charge in [-0.1, -0.05) is 28.1 Å². The molecule has 0 unspecified atom stereocenters. The highest BCUT2D eigenvalue weighted by Crippen LogP contribution is 2.11. The molecule has 1 aromatic carbocycles. The Kier molecular flexibility index (Phi) is 3.73. The Balaban J connectivity index is 2.87. The monoisotopic (exact) mass is 251 g/mol. The topological polar surface area (TPSA) is 20.3 Å². The van der Waals surface area contributed by atoms with Crippen LogP contribution in [0.2, 0.25) is 0 Å². The number of halogens is 1. The van der Waals surface area contributed by atoms with Crippen LogP contribution in [0, 0.1) is 12.0 Å². The van der Waals surface area contributed by atoms with Crippen LogP contribution in [0.4, 0.5) is 0 Å². The fraction of sp³-hybridized carbons (Fsp3) is 0.182. The van der Waals surface area contributed by atoms with E-state index in [4.69, 9.17) is 0 Å². The SMILES string of the molecule is CN(C)C#CC(=O)c1cccc(Br)c1. The predicted octanol–water partition coefficient (Wildman–Crippen LogP) is 2.15. The average Bonchev–Trinajstić information content (AvgIpc) is 2.14. The third kappa shape index (κ3) is 3.23. The summed E-state index contributed by atoms with van der Waals surface area (Å²) in [4.78, 5) is 13.1. The number of benzene rings is 1.